The maximum atomic E-state index is 5.76. The van der Waals surface area contributed by atoms with Crippen LogP contribution < -0.4 is 4.74 Å². The van der Waals surface area contributed by atoms with Gasteiger partial charge in [0.2, 0.25) is 0 Å². The van der Waals surface area contributed by atoms with Crippen LogP contribution in [-0.2, 0) is 6.42 Å². The van der Waals surface area contributed by atoms with Crippen LogP contribution in [0.25, 0.3) is 21.9 Å². The summed E-state index contributed by atoms with van der Waals surface area (Å²) in [5.41, 5.74) is 5.87. The van der Waals surface area contributed by atoms with Gasteiger partial charge in [-0.15, -0.1) is 0 Å². The molecule has 4 aromatic rings. The van der Waals surface area contributed by atoms with Crippen molar-refractivity contribution in [3.63, 3.8) is 0 Å². The molecule has 0 fully saturated rings. The van der Waals surface area contributed by atoms with E-state index in [1.807, 2.05) is 12.1 Å². The third kappa shape index (κ3) is 6.52. The van der Waals surface area contributed by atoms with Gasteiger partial charge in [0.05, 0.1) is 6.61 Å². The van der Waals surface area contributed by atoms with Crippen molar-refractivity contribution >= 4 is 10.8 Å². The second-order valence-electron chi connectivity index (χ2n) is 8.91. The van der Waals surface area contributed by atoms with Crippen LogP contribution in [-0.4, -0.2) is 6.61 Å². The summed E-state index contributed by atoms with van der Waals surface area (Å²) in [5.74, 6) is 7.59. The lowest BCUT2D eigenvalue weighted by atomic mass is 10.0. The summed E-state index contributed by atoms with van der Waals surface area (Å²) in [6, 6.07) is 30.1. The number of hydrogen-bond acceptors (Lipinski definition) is 1. The van der Waals surface area contributed by atoms with Crippen molar-refractivity contribution in [2.45, 2.75) is 52.4 Å². The molecule has 0 unspecified atom stereocenters. The van der Waals surface area contributed by atoms with Crippen LogP contribution in [0.3, 0.4) is 0 Å². The monoisotopic (exact) mass is 446 g/mol. The highest BCUT2D eigenvalue weighted by molar-refractivity contribution is 5.84. The van der Waals surface area contributed by atoms with Crippen molar-refractivity contribution in [1.29, 1.82) is 0 Å². The van der Waals surface area contributed by atoms with Crippen molar-refractivity contribution < 1.29 is 4.74 Å². The fraction of sp³-hybridized carbons (Fsp3) is 0.273. The average molecular weight is 447 g/mol. The summed E-state index contributed by atoms with van der Waals surface area (Å²) < 4.78 is 5.76. The number of benzene rings is 4. The molecule has 0 bridgehead atoms. The number of unbranched alkanes of at least 4 members (excludes halogenated alkanes) is 3. The first-order chi connectivity index (χ1) is 16.7. The first-order valence-corrected chi connectivity index (χ1v) is 12.6. The molecule has 1 heteroatoms. The van der Waals surface area contributed by atoms with E-state index in [-0.39, 0.29) is 0 Å². The third-order valence-corrected chi connectivity index (χ3v) is 6.16. The molecular weight excluding hydrogens is 412 g/mol. The van der Waals surface area contributed by atoms with Gasteiger partial charge in [-0.25, -0.2) is 0 Å². The Labute approximate surface area is 204 Å². The van der Waals surface area contributed by atoms with E-state index in [1.165, 1.54) is 46.7 Å². The Kier molecular flexibility index (Phi) is 8.42. The van der Waals surface area contributed by atoms with E-state index in [0.29, 0.717) is 0 Å². The molecule has 0 saturated carbocycles. The second kappa shape index (κ2) is 12.1. The zero-order valence-corrected chi connectivity index (χ0v) is 20.4. The summed E-state index contributed by atoms with van der Waals surface area (Å²) >= 11 is 0. The van der Waals surface area contributed by atoms with Gasteiger partial charge in [0.25, 0.3) is 0 Å². The molecule has 1 nitrogen and oxygen atoms in total. The highest BCUT2D eigenvalue weighted by Crippen LogP contribution is 2.23. The minimum atomic E-state index is 0.778. The topological polar surface area (TPSA) is 9.23 Å². The summed E-state index contributed by atoms with van der Waals surface area (Å²) in [4.78, 5) is 0. The smallest absolute Gasteiger partial charge is 0.119 e. The lowest BCUT2D eigenvalue weighted by Gasteiger charge is -2.07. The molecule has 0 spiro atoms. The Morgan fingerprint density at radius 1 is 0.588 bits per heavy atom. The molecule has 0 aromatic heterocycles. The maximum absolute atomic E-state index is 5.76. The van der Waals surface area contributed by atoms with E-state index in [4.69, 9.17) is 4.74 Å². The van der Waals surface area contributed by atoms with Gasteiger partial charge in [-0.2, -0.15) is 0 Å². The molecule has 4 aromatic carbocycles. The van der Waals surface area contributed by atoms with Crippen LogP contribution in [0.15, 0.2) is 84.9 Å². The fourth-order valence-corrected chi connectivity index (χ4v) is 4.08. The molecule has 0 aliphatic heterocycles. The highest BCUT2D eigenvalue weighted by atomic mass is 16.5. The Morgan fingerprint density at radius 3 is 1.94 bits per heavy atom. The van der Waals surface area contributed by atoms with Gasteiger partial charge in [-0.05, 0) is 83.1 Å². The van der Waals surface area contributed by atoms with Crippen LogP contribution >= 0.6 is 0 Å². The summed E-state index contributed by atoms with van der Waals surface area (Å²) in [6.07, 6.45) is 7.23. The number of aryl methyl sites for hydroxylation is 1. The van der Waals surface area contributed by atoms with Gasteiger partial charge >= 0.3 is 0 Å². The lowest BCUT2D eigenvalue weighted by molar-refractivity contribution is 0.309. The first-order valence-electron chi connectivity index (χ1n) is 12.6. The number of rotatable bonds is 9. The minimum absolute atomic E-state index is 0.778. The second-order valence-corrected chi connectivity index (χ2v) is 8.91. The zero-order valence-electron chi connectivity index (χ0n) is 20.4. The molecule has 0 saturated heterocycles. The van der Waals surface area contributed by atoms with Gasteiger partial charge in [0.1, 0.15) is 5.75 Å². The van der Waals surface area contributed by atoms with E-state index >= 15 is 0 Å². The molecule has 4 rings (SSSR count). The van der Waals surface area contributed by atoms with Crippen LogP contribution in [0.2, 0.25) is 0 Å². The standard InChI is InChI=1S/C33H34O/c1-3-5-7-8-27-13-17-32-25-28(14-18-31(32)24-27)10-9-26-11-15-29(16-12-26)30-19-21-33(22-20-30)34-23-6-4-2/h11-22,24-25H,3-8,23H2,1-2H3. The Morgan fingerprint density at radius 2 is 1.21 bits per heavy atom. The molecule has 0 N–H and O–H groups in total. The van der Waals surface area contributed by atoms with Gasteiger partial charge in [0.15, 0.2) is 0 Å². The van der Waals surface area contributed by atoms with Crippen molar-refractivity contribution in [2.75, 3.05) is 6.61 Å². The normalized spacial score (nSPS) is 10.6. The molecule has 0 aliphatic rings. The average Bonchev–Trinajstić information content (AvgIpc) is 2.88. The van der Waals surface area contributed by atoms with E-state index < -0.39 is 0 Å². The summed E-state index contributed by atoms with van der Waals surface area (Å²) in [7, 11) is 0. The Bertz CT molecular complexity index is 1250. The molecule has 0 aliphatic carbocycles. The molecule has 0 heterocycles. The molecule has 172 valence electrons. The fourth-order valence-electron chi connectivity index (χ4n) is 4.08. The van der Waals surface area contributed by atoms with Gasteiger partial charge in [-0.1, -0.05) is 93.5 Å². The lowest BCUT2D eigenvalue weighted by Crippen LogP contribution is -1.95. The number of fused-ring (bicyclic) bond motifs is 1. The van der Waals surface area contributed by atoms with Crippen molar-refractivity contribution in [1.82, 2.24) is 0 Å². The van der Waals surface area contributed by atoms with E-state index in [2.05, 4.69) is 98.5 Å². The predicted octanol–water partition coefficient (Wildman–Crippen LogP) is 8.82. The van der Waals surface area contributed by atoms with Gasteiger partial charge in [0, 0.05) is 11.1 Å². The van der Waals surface area contributed by atoms with Crippen molar-refractivity contribution in [3.05, 3.63) is 102 Å². The van der Waals surface area contributed by atoms with Gasteiger partial charge in [-0.3, -0.25) is 0 Å². The van der Waals surface area contributed by atoms with E-state index in [0.717, 1.165) is 42.7 Å². The molecular formula is C33H34O. The number of ether oxygens (including phenoxy) is 1. The van der Waals surface area contributed by atoms with Crippen molar-refractivity contribution in [3.8, 4) is 28.7 Å². The zero-order chi connectivity index (χ0) is 23.6. The van der Waals surface area contributed by atoms with Crippen molar-refractivity contribution in [2.24, 2.45) is 0 Å². The highest BCUT2D eigenvalue weighted by Gasteiger charge is 2.01. The molecule has 0 amide bonds. The SMILES string of the molecule is CCCCCc1ccc2cc(C#Cc3ccc(-c4ccc(OCCCC)cc4)cc3)ccc2c1. The molecule has 0 atom stereocenters. The minimum Gasteiger partial charge on any atom is -0.494 e. The van der Waals surface area contributed by atoms with Crippen LogP contribution in [0.1, 0.15) is 62.6 Å². The Balaban J connectivity index is 1.41. The summed E-state index contributed by atoms with van der Waals surface area (Å²) in [6.45, 7) is 5.20. The van der Waals surface area contributed by atoms with E-state index in [1.54, 1.807) is 0 Å². The summed E-state index contributed by atoms with van der Waals surface area (Å²) in [5, 5.41) is 2.55. The first kappa shape index (κ1) is 23.7. The molecule has 0 radical (unpaired) electrons. The van der Waals surface area contributed by atoms with E-state index in [9.17, 15) is 0 Å². The maximum Gasteiger partial charge on any atom is 0.119 e. The molecule has 34 heavy (non-hydrogen) atoms. The van der Waals surface area contributed by atoms with Gasteiger partial charge < -0.3 is 4.74 Å². The predicted molar refractivity (Wildman–Crippen MR) is 145 cm³/mol. The van der Waals surface area contributed by atoms with Crippen LogP contribution in [0.5, 0.6) is 5.75 Å². The number of hydrogen-bond donors (Lipinski definition) is 0. The third-order valence-electron chi connectivity index (χ3n) is 6.16. The van der Waals surface area contributed by atoms with Crippen LogP contribution in [0.4, 0.5) is 0 Å². The Hall–Kier alpha value is -3.50. The van der Waals surface area contributed by atoms with Crippen LogP contribution in [0, 0.1) is 11.8 Å². The quantitative estimate of drug-likeness (QED) is 0.184. The largest absolute Gasteiger partial charge is 0.494 e.